The number of aromatic nitrogens is 1. The van der Waals surface area contributed by atoms with E-state index in [1.165, 1.54) is 12.3 Å². The van der Waals surface area contributed by atoms with E-state index in [1.807, 2.05) is 94.4 Å². The summed E-state index contributed by atoms with van der Waals surface area (Å²) in [6.07, 6.45) is 4.72. The van der Waals surface area contributed by atoms with Gasteiger partial charge in [-0.3, -0.25) is 4.79 Å². The van der Waals surface area contributed by atoms with Gasteiger partial charge in [0.15, 0.2) is 12.0 Å². The van der Waals surface area contributed by atoms with E-state index in [9.17, 15) is 23.1 Å². The smallest absolute Gasteiger partial charge is 0.382 e. The van der Waals surface area contributed by atoms with E-state index >= 15 is 0 Å². The van der Waals surface area contributed by atoms with Crippen molar-refractivity contribution in [1.82, 2.24) is 0 Å². The average Bonchev–Trinajstić information content (AvgIpc) is 3.12. The van der Waals surface area contributed by atoms with E-state index in [1.54, 1.807) is 16.7 Å². The van der Waals surface area contributed by atoms with Crippen LogP contribution in [0.3, 0.4) is 0 Å². The molecule has 0 saturated heterocycles. The summed E-state index contributed by atoms with van der Waals surface area (Å²) in [7, 11) is 0. The number of halogens is 3. The Labute approximate surface area is 321 Å². The number of ketones is 1. The van der Waals surface area contributed by atoms with Crippen molar-refractivity contribution in [3.63, 3.8) is 0 Å². The average molecular weight is 885 g/mol. The number of hydrogen-bond acceptors (Lipinski definition) is 2. The number of hydrogen-bond donors (Lipinski definition) is 1. The van der Waals surface area contributed by atoms with Gasteiger partial charge in [-0.05, 0) is 58.9 Å². The van der Waals surface area contributed by atoms with Crippen molar-refractivity contribution in [3.05, 3.63) is 132 Å². The minimum absolute atomic E-state index is 0. The molecule has 1 N–H and O–H groups in total. The first kappa shape index (κ1) is 42.4. The zero-order valence-corrected chi connectivity index (χ0v) is 33.5. The van der Waals surface area contributed by atoms with Gasteiger partial charge in [-0.25, -0.2) is 0 Å². The summed E-state index contributed by atoms with van der Waals surface area (Å²) < 4.78 is 43.6. The number of carbonyl (C=O) groups is 1. The van der Waals surface area contributed by atoms with Gasteiger partial charge in [0.1, 0.15) is 0 Å². The maximum atomic E-state index is 14.0. The Morgan fingerprint density at radius 1 is 0.769 bits per heavy atom. The second-order valence-electron chi connectivity index (χ2n) is 13.9. The molecule has 1 aromatic heterocycles. The summed E-state index contributed by atoms with van der Waals surface area (Å²) in [6.45, 7) is 14.4. The number of aliphatic hydroxyl groups is 1. The van der Waals surface area contributed by atoms with Gasteiger partial charge in [-0.2, -0.15) is 13.2 Å². The molecule has 0 atom stereocenters. The first-order valence-electron chi connectivity index (χ1n) is 17.8. The molecule has 0 saturated carbocycles. The van der Waals surface area contributed by atoms with Gasteiger partial charge < -0.3 is 9.67 Å². The van der Waals surface area contributed by atoms with Gasteiger partial charge in [0.2, 0.25) is 0 Å². The normalized spacial score (nSPS) is 12.0. The van der Waals surface area contributed by atoms with E-state index in [0.717, 1.165) is 59.2 Å². The molecular weight excluding hydrogens is 836 g/mol. The number of pyridine rings is 1. The SMILES string of the molecule is CC(C)(C)c1cc(-[n+]2[c-]cc(C(F)(F)F)c(-c3ccc(-c4ccccc4)cc3)c2)[c-]c2ccccc12.CCC(CC)C(=O)/C=C(\O)C(CC)CC.[Ir]. The molecule has 0 aliphatic rings. The molecule has 0 aliphatic carbocycles. The maximum absolute atomic E-state index is 14.0. The summed E-state index contributed by atoms with van der Waals surface area (Å²) in [6, 6.07) is 31.3. The van der Waals surface area contributed by atoms with Crippen LogP contribution in [-0.4, -0.2) is 10.9 Å². The largest absolute Gasteiger partial charge is 0.512 e. The number of carbonyl (C=O) groups excluding carboxylic acids is 1. The van der Waals surface area contributed by atoms with Crippen LogP contribution in [0.5, 0.6) is 0 Å². The van der Waals surface area contributed by atoms with E-state index in [-0.39, 0.29) is 54.5 Å². The van der Waals surface area contributed by atoms with Crippen LogP contribution in [0.15, 0.2) is 109 Å². The van der Waals surface area contributed by atoms with Crippen molar-refractivity contribution in [2.24, 2.45) is 11.8 Å². The molecule has 7 heteroatoms. The van der Waals surface area contributed by atoms with Crippen LogP contribution in [0.1, 0.15) is 85.3 Å². The fourth-order valence-corrected chi connectivity index (χ4v) is 6.27. The topological polar surface area (TPSA) is 41.2 Å². The Morgan fingerprint density at radius 2 is 1.31 bits per heavy atom. The molecule has 0 unspecified atom stereocenters. The summed E-state index contributed by atoms with van der Waals surface area (Å²) in [5, 5.41) is 11.8. The van der Waals surface area contributed by atoms with E-state index in [0.29, 0.717) is 11.3 Å². The van der Waals surface area contributed by atoms with Crippen LogP contribution >= 0.6 is 0 Å². The number of rotatable bonds is 10. The molecular formula is C45H49F3IrNO2-. The Kier molecular flexibility index (Phi) is 15.2. The molecule has 0 bridgehead atoms. The van der Waals surface area contributed by atoms with Crippen molar-refractivity contribution in [1.29, 1.82) is 0 Å². The molecule has 3 nitrogen and oxygen atoms in total. The molecule has 0 fully saturated rings. The fraction of sp³-hybridized carbons (Fsp3) is 0.333. The van der Waals surface area contributed by atoms with Crippen molar-refractivity contribution in [2.75, 3.05) is 0 Å². The molecule has 0 aliphatic heterocycles. The summed E-state index contributed by atoms with van der Waals surface area (Å²) in [5.41, 5.74) is 3.41. The van der Waals surface area contributed by atoms with E-state index < -0.39 is 11.7 Å². The Morgan fingerprint density at radius 3 is 1.87 bits per heavy atom. The molecule has 52 heavy (non-hydrogen) atoms. The van der Waals surface area contributed by atoms with Gasteiger partial charge in [0, 0.05) is 43.7 Å². The van der Waals surface area contributed by atoms with Crippen LogP contribution in [0, 0.1) is 24.1 Å². The number of fused-ring (bicyclic) bond motifs is 1. The summed E-state index contributed by atoms with van der Waals surface area (Å²) in [4.78, 5) is 11.7. The minimum Gasteiger partial charge on any atom is -0.512 e. The Balaban J connectivity index is 0.000000389. The zero-order chi connectivity index (χ0) is 37.3. The third kappa shape index (κ3) is 10.5. The van der Waals surface area contributed by atoms with Crippen LogP contribution in [0.25, 0.3) is 38.7 Å². The quantitative estimate of drug-likeness (QED) is 0.0657. The number of alkyl halides is 3. The molecule has 1 radical (unpaired) electrons. The van der Waals surface area contributed by atoms with Crippen molar-refractivity contribution >= 4 is 16.6 Å². The summed E-state index contributed by atoms with van der Waals surface area (Å²) >= 11 is 0. The molecule has 0 spiro atoms. The predicted molar refractivity (Wildman–Crippen MR) is 202 cm³/mol. The second-order valence-corrected chi connectivity index (χ2v) is 13.9. The molecule has 5 rings (SSSR count). The molecule has 277 valence electrons. The van der Waals surface area contributed by atoms with Crippen molar-refractivity contribution < 1.29 is 47.7 Å². The van der Waals surface area contributed by atoms with Gasteiger partial charge in [0.05, 0.1) is 12.0 Å². The minimum atomic E-state index is -4.51. The van der Waals surface area contributed by atoms with Crippen LogP contribution in [0.4, 0.5) is 13.2 Å². The van der Waals surface area contributed by atoms with Crippen LogP contribution < -0.4 is 4.57 Å². The Hall–Kier alpha value is -4.06. The first-order chi connectivity index (χ1) is 24.2. The molecule has 0 amide bonds. The number of nitrogens with zero attached hydrogens (tertiary/aromatic N) is 1. The predicted octanol–water partition coefficient (Wildman–Crippen LogP) is 12.2. The molecule has 4 aromatic carbocycles. The maximum Gasteiger partial charge on any atom is 0.382 e. The van der Waals surface area contributed by atoms with Gasteiger partial charge in [0.25, 0.3) is 0 Å². The first-order valence-corrected chi connectivity index (χ1v) is 17.8. The van der Waals surface area contributed by atoms with Crippen LogP contribution in [0.2, 0.25) is 0 Å². The van der Waals surface area contributed by atoms with E-state index in [4.69, 9.17) is 0 Å². The Bertz CT molecular complexity index is 1940. The van der Waals surface area contributed by atoms with E-state index in [2.05, 4.69) is 39.1 Å². The third-order valence-electron chi connectivity index (χ3n) is 9.42. The summed E-state index contributed by atoms with van der Waals surface area (Å²) in [5.74, 6) is 0.547. The second kappa shape index (κ2) is 18.6. The molecule has 1 heterocycles. The third-order valence-corrected chi connectivity index (χ3v) is 9.42. The van der Waals surface area contributed by atoms with Gasteiger partial charge in [-0.15, -0.1) is 40.6 Å². The number of aliphatic hydroxyl groups excluding tert-OH is 1. The number of allylic oxidation sites excluding steroid dienone is 2. The zero-order valence-electron chi connectivity index (χ0n) is 31.1. The monoisotopic (exact) mass is 885 g/mol. The van der Waals surface area contributed by atoms with Crippen molar-refractivity contribution in [2.45, 2.75) is 85.7 Å². The van der Waals surface area contributed by atoms with Gasteiger partial charge >= 0.3 is 6.18 Å². The van der Waals surface area contributed by atoms with Gasteiger partial charge in [-0.1, -0.05) is 121 Å². The standard InChI is InChI=1S/C32H25F3N.C13H24O2.Ir/c1-31(2,3)30-20-26(19-25-11-7-8-12-27(25)30)36-18-17-29(32(33,34)35)28(21-36)24-15-13-23(14-16-24)22-9-5-4-6-10-22;1-5-10(6-2)12(14)9-13(15)11(7-3)8-4;/h4-17,20-21H,1-3H3;9-11,14H,5-8H2,1-4H3;/q-1;;/b;12-9-;. The fourth-order valence-electron chi connectivity index (χ4n) is 6.27. The van der Waals surface area contributed by atoms with Crippen molar-refractivity contribution in [3.8, 4) is 27.9 Å². The number of benzene rings is 4. The molecule has 5 aromatic rings. The van der Waals surface area contributed by atoms with Crippen LogP contribution in [-0.2, 0) is 36.5 Å².